The third-order valence-electron chi connectivity index (χ3n) is 5.78. The second kappa shape index (κ2) is 10.9. The van der Waals surface area contributed by atoms with Gasteiger partial charge < -0.3 is 16.0 Å². The van der Waals surface area contributed by atoms with Gasteiger partial charge in [-0.3, -0.25) is 14.4 Å². The van der Waals surface area contributed by atoms with Gasteiger partial charge in [-0.25, -0.2) is 0 Å². The Morgan fingerprint density at radius 3 is 2.38 bits per heavy atom. The number of amides is 3. The fourth-order valence-electron chi connectivity index (χ4n) is 4.17. The van der Waals surface area contributed by atoms with Crippen LogP contribution in [0.4, 0.5) is 18.9 Å². The van der Waals surface area contributed by atoms with Crippen molar-refractivity contribution in [2.45, 2.75) is 55.3 Å². The van der Waals surface area contributed by atoms with Crippen molar-refractivity contribution in [2.75, 3.05) is 11.2 Å². The first-order valence-electron chi connectivity index (χ1n) is 10.8. The van der Waals surface area contributed by atoms with Crippen LogP contribution in [0, 0.1) is 0 Å². The van der Waals surface area contributed by atoms with Gasteiger partial charge in [-0.1, -0.05) is 18.9 Å². The van der Waals surface area contributed by atoms with E-state index in [0.717, 1.165) is 29.9 Å². The van der Waals surface area contributed by atoms with Gasteiger partial charge in [-0.2, -0.15) is 13.2 Å². The topological polar surface area (TPSA) is 92.5 Å². The summed E-state index contributed by atoms with van der Waals surface area (Å²) in [6.45, 7) is 0. The Balaban J connectivity index is 1.93. The molecule has 0 heterocycles. The summed E-state index contributed by atoms with van der Waals surface area (Å²) >= 11 is 1.54. The van der Waals surface area contributed by atoms with Gasteiger partial charge >= 0.3 is 6.18 Å². The predicted octanol–water partition coefficient (Wildman–Crippen LogP) is 4.38. The third kappa shape index (κ3) is 6.31. The van der Waals surface area contributed by atoms with E-state index in [1.807, 2.05) is 18.4 Å². The molecule has 0 spiro atoms. The van der Waals surface area contributed by atoms with Crippen molar-refractivity contribution in [1.82, 2.24) is 5.32 Å². The van der Waals surface area contributed by atoms with Crippen molar-refractivity contribution in [1.29, 1.82) is 0 Å². The number of anilines is 1. The van der Waals surface area contributed by atoms with Gasteiger partial charge in [0.25, 0.3) is 5.91 Å². The highest BCUT2D eigenvalue weighted by Crippen LogP contribution is 2.34. The molecule has 10 heteroatoms. The molecular formula is C24H26F3N3O3S. The summed E-state index contributed by atoms with van der Waals surface area (Å²) in [5.74, 6) is -1.93. The second-order valence-electron chi connectivity index (χ2n) is 8.12. The Bertz CT molecular complexity index is 1040. The summed E-state index contributed by atoms with van der Waals surface area (Å²) in [6, 6.07) is 10.3. The lowest BCUT2D eigenvalue weighted by Gasteiger charge is -2.40. The number of primary amides is 1. The van der Waals surface area contributed by atoms with E-state index in [-0.39, 0.29) is 11.6 Å². The molecule has 2 aromatic carbocycles. The molecule has 0 radical (unpaired) electrons. The Morgan fingerprint density at radius 2 is 1.76 bits per heavy atom. The van der Waals surface area contributed by atoms with Crippen molar-refractivity contribution in [2.24, 2.45) is 5.73 Å². The van der Waals surface area contributed by atoms with Crippen LogP contribution in [-0.4, -0.2) is 36.1 Å². The molecule has 182 valence electrons. The molecule has 0 bridgehead atoms. The Labute approximate surface area is 200 Å². The van der Waals surface area contributed by atoms with Gasteiger partial charge in [0.15, 0.2) is 0 Å². The van der Waals surface area contributed by atoms with Gasteiger partial charge in [0.2, 0.25) is 11.8 Å². The van der Waals surface area contributed by atoms with E-state index in [4.69, 9.17) is 5.73 Å². The van der Waals surface area contributed by atoms with Crippen LogP contribution >= 0.6 is 11.8 Å². The van der Waals surface area contributed by atoms with E-state index in [2.05, 4.69) is 5.32 Å². The zero-order chi connectivity index (χ0) is 24.9. The van der Waals surface area contributed by atoms with Gasteiger partial charge in [0, 0.05) is 22.2 Å². The first-order chi connectivity index (χ1) is 16.1. The van der Waals surface area contributed by atoms with Gasteiger partial charge in [0.1, 0.15) is 6.42 Å². The maximum atomic E-state index is 13.3. The number of nitrogens with two attached hydrogens (primary N) is 1. The van der Waals surface area contributed by atoms with E-state index in [0.29, 0.717) is 18.4 Å². The molecule has 3 rings (SSSR count). The molecular weight excluding hydrogens is 467 g/mol. The molecule has 0 aromatic heterocycles. The number of carbonyl (C=O) groups is 3. The highest BCUT2D eigenvalue weighted by Gasteiger charge is 2.37. The Hall–Kier alpha value is -3.01. The smallest absolute Gasteiger partial charge is 0.369 e. The molecule has 1 fully saturated rings. The summed E-state index contributed by atoms with van der Waals surface area (Å²) in [6.07, 6.45) is -0.823. The number of hydrogen-bond donors (Lipinski definition) is 2. The van der Waals surface area contributed by atoms with E-state index in [9.17, 15) is 27.6 Å². The van der Waals surface area contributed by atoms with Crippen LogP contribution in [0.15, 0.2) is 53.4 Å². The highest BCUT2D eigenvalue weighted by atomic mass is 32.2. The van der Waals surface area contributed by atoms with Crippen molar-refractivity contribution in [3.8, 4) is 0 Å². The average molecular weight is 494 g/mol. The van der Waals surface area contributed by atoms with E-state index < -0.39 is 42.1 Å². The SMILES string of the molecule is CSc1ccc(C(=O)NC2CCCCC2N(C(=O)CC(N)=O)c2cccc(C(F)(F)F)c2)cc1. The lowest BCUT2D eigenvalue weighted by Crippen LogP contribution is -2.55. The standard InChI is InChI=1S/C24H26F3N3O3S/c1-34-18-11-9-15(10-12-18)23(33)29-19-7-2-3-8-20(19)30(22(32)14-21(28)31)17-6-4-5-16(13-17)24(25,26)27/h4-6,9-13,19-20H,2-3,7-8,14H2,1H3,(H2,28,31)(H,29,33). The monoisotopic (exact) mass is 493 g/mol. The minimum absolute atomic E-state index is 0.0107. The quantitative estimate of drug-likeness (QED) is 0.442. The fourth-order valence-corrected chi connectivity index (χ4v) is 4.58. The number of nitrogens with one attached hydrogen (secondary N) is 1. The van der Waals surface area contributed by atoms with Gasteiger partial charge in [-0.05, 0) is 61.6 Å². The summed E-state index contributed by atoms with van der Waals surface area (Å²) < 4.78 is 40.0. The molecule has 2 unspecified atom stereocenters. The Morgan fingerprint density at radius 1 is 1.09 bits per heavy atom. The van der Waals surface area contributed by atoms with Crippen LogP contribution in [0.3, 0.4) is 0 Å². The largest absolute Gasteiger partial charge is 0.416 e. The van der Waals surface area contributed by atoms with Crippen molar-refractivity contribution in [3.63, 3.8) is 0 Å². The van der Waals surface area contributed by atoms with E-state index in [1.165, 1.54) is 17.0 Å². The highest BCUT2D eigenvalue weighted by molar-refractivity contribution is 7.98. The summed E-state index contributed by atoms with van der Waals surface area (Å²) in [5, 5.41) is 2.95. The van der Waals surface area contributed by atoms with Gasteiger partial charge in [-0.15, -0.1) is 11.8 Å². The predicted molar refractivity (Wildman–Crippen MR) is 124 cm³/mol. The van der Waals surface area contributed by atoms with Crippen LogP contribution in [0.5, 0.6) is 0 Å². The number of nitrogens with zero attached hydrogens (tertiary/aromatic N) is 1. The molecule has 0 saturated heterocycles. The minimum atomic E-state index is -4.60. The van der Waals surface area contributed by atoms with Crippen LogP contribution in [-0.2, 0) is 15.8 Å². The van der Waals surface area contributed by atoms with Gasteiger partial charge in [0.05, 0.1) is 11.6 Å². The first-order valence-corrected chi connectivity index (χ1v) is 12.0. The molecule has 3 amide bonds. The lowest BCUT2D eigenvalue weighted by molar-refractivity contribution is -0.137. The Kier molecular flexibility index (Phi) is 8.24. The fraction of sp³-hybridized carbons (Fsp3) is 0.375. The summed E-state index contributed by atoms with van der Waals surface area (Å²) in [5.41, 5.74) is 4.76. The molecule has 34 heavy (non-hydrogen) atoms. The van der Waals surface area contributed by atoms with Crippen LogP contribution in [0.2, 0.25) is 0 Å². The van der Waals surface area contributed by atoms with Crippen LogP contribution in [0.25, 0.3) is 0 Å². The molecule has 2 aromatic rings. The zero-order valence-corrected chi connectivity index (χ0v) is 19.4. The molecule has 2 atom stereocenters. The number of halogens is 3. The second-order valence-corrected chi connectivity index (χ2v) is 8.99. The number of hydrogen-bond acceptors (Lipinski definition) is 4. The summed E-state index contributed by atoms with van der Waals surface area (Å²) in [4.78, 5) is 39.6. The van der Waals surface area contributed by atoms with Crippen LogP contribution < -0.4 is 16.0 Å². The number of thioether (sulfide) groups is 1. The van der Waals surface area contributed by atoms with Crippen molar-refractivity contribution < 1.29 is 27.6 Å². The van der Waals surface area contributed by atoms with Crippen LogP contribution in [0.1, 0.15) is 48.0 Å². The minimum Gasteiger partial charge on any atom is -0.369 e. The molecule has 3 N–H and O–H groups in total. The number of benzene rings is 2. The average Bonchev–Trinajstić information content (AvgIpc) is 2.79. The van der Waals surface area contributed by atoms with E-state index >= 15 is 0 Å². The number of alkyl halides is 3. The zero-order valence-electron chi connectivity index (χ0n) is 18.6. The lowest BCUT2D eigenvalue weighted by atomic mass is 9.88. The normalized spacial score (nSPS) is 18.2. The maximum absolute atomic E-state index is 13.3. The molecule has 0 aliphatic heterocycles. The van der Waals surface area contributed by atoms with E-state index in [1.54, 1.807) is 23.9 Å². The summed E-state index contributed by atoms with van der Waals surface area (Å²) in [7, 11) is 0. The third-order valence-corrected chi connectivity index (χ3v) is 6.52. The first kappa shape index (κ1) is 25.6. The number of rotatable bonds is 7. The molecule has 1 saturated carbocycles. The molecule has 6 nitrogen and oxygen atoms in total. The number of carbonyl (C=O) groups excluding carboxylic acids is 3. The van der Waals surface area contributed by atoms with Crippen molar-refractivity contribution in [3.05, 3.63) is 59.7 Å². The molecule has 1 aliphatic rings. The maximum Gasteiger partial charge on any atom is 0.416 e. The van der Waals surface area contributed by atoms with Crippen molar-refractivity contribution >= 4 is 35.2 Å². The molecule has 1 aliphatic carbocycles.